The van der Waals surface area contributed by atoms with Crippen molar-refractivity contribution in [1.82, 2.24) is 20.1 Å². The van der Waals surface area contributed by atoms with Crippen LogP contribution in [0.1, 0.15) is 26.1 Å². The number of rotatable bonds is 5. The van der Waals surface area contributed by atoms with E-state index in [1.165, 1.54) is 11.3 Å². The van der Waals surface area contributed by atoms with E-state index in [1.807, 2.05) is 58.2 Å². The lowest BCUT2D eigenvalue weighted by atomic mass is 10.1. The van der Waals surface area contributed by atoms with Crippen molar-refractivity contribution in [2.45, 2.75) is 20.8 Å². The first-order valence-corrected chi connectivity index (χ1v) is 9.29. The summed E-state index contributed by atoms with van der Waals surface area (Å²) in [7, 11) is 1.82. The predicted molar refractivity (Wildman–Crippen MR) is 106 cm³/mol. The van der Waals surface area contributed by atoms with Crippen LogP contribution in [0.2, 0.25) is 0 Å². The zero-order chi connectivity index (χ0) is 19.6. The van der Waals surface area contributed by atoms with Crippen LogP contribution >= 0.6 is 11.3 Å². The molecular weight excluding hydrogens is 362 g/mol. The summed E-state index contributed by atoms with van der Waals surface area (Å²) in [5.74, 6) is -0.612. The molecule has 7 nitrogen and oxygen atoms in total. The SMILES string of the molecule is Cc1nc(-c2ccccc2)c(C(=O)NCC(=O)Nc2c(C)nn(C)c2C)s1. The van der Waals surface area contributed by atoms with Crippen LogP contribution in [0.5, 0.6) is 0 Å². The van der Waals surface area contributed by atoms with Gasteiger partial charge in [0.1, 0.15) is 4.88 Å². The van der Waals surface area contributed by atoms with Gasteiger partial charge in [-0.3, -0.25) is 14.3 Å². The predicted octanol–water partition coefficient (Wildman–Crippen LogP) is 2.84. The molecule has 0 atom stereocenters. The summed E-state index contributed by atoms with van der Waals surface area (Å²) >= 11 is 1.31. The fourth-order valence-electron chi connectivity index (χ4n) is 2.75. The van der Waals surface area contributed by atoms with Crippen LogP contribution in [-0.4, -0.2) is 33.1 Å². The van der Waals surface area contributed by atoms with Gasteiger partial charge in [-0.05, 0) is 20.8 Å². The Morgan fingerprint density at radius 1 is 1.15 bits per heavy atom. The fourth-order valence-corrected chi connectivity index (χ4v) is 3.61. The standard InChI is InChI=1S/C19H21N5O2S/c1-11-16(12(2)24(4)23-11)22-15(25)10-20-19(26)18-17(21-13(3)27-18)14-8-6-5-7-9-14/h5-9H,10H2,1-4H3,(H,20,26)(H,22,25). The molecule has 0 saturated heterocycles. The number of hydrogen-bond acceptors (Lipinski definition) is 5. The van der Waals surface area contributed by atoms with E-state index in [9.17, 15) is 9.59 Å². The minimum Gasteiger partial charge on any atom is -0.342 e. The number of nitrogens with zero attached hydrogens (tertiary/aromatic N) is 3. The molecule has 8 heteroatoms. The molecule has 0 radical (unpaired) electrons. The van der Waals surface area contributed by atoms with Crippen LogP contribution in [0, 0.1) is 20.8 Å². The Morgan fingerprint density at radius 3 is 2.48 bits per heavy atom. The number of anilines is 1. The Morgan fingerprint density at radius 2 is 1.85 bits per heavy atom. The summed E-state index contributed by atoms with van der Waals surface area (Å²) in [5.41, 5.74) is 3.78. The number of carbonyl (C=O) groups is 2. The maximum atomic E-state index is 12.6. The smallest absolute Gasteiger partial charge is 0.264 e. The third-order valence-electron chi connectivity index (χ3n) is 4.17. The van der Waals surface area contributed by atoms with E-state index in [0.29, 0.717) is 16.3 Å². The van der Waals surface area contributed by atoms with Crippen LogP contribution in [0.25, 0.3) is 11.3 Å². The first-order chi connectivity index (χ1) is 12.9. The molecule has 0 bridgehead atoms. The first-order valence-electron chi connectivity index (χ1n) is 8.48. The summed E-state index contributed by atoms with van der Waals surface area (Å²) in [6, 6.07) is 9.53. The molecule has 0 saturated carbocycles. The van der Waals surface area contributed by atoms with Crippen molar-refractivity contribution in [2.75, 3.05) is 11.9 Å². The lowest BCUT2D eigenvalue weighted by Gasteiger charge is -2.07. The van der Waals surface area contributed by atoms with Gasteiger partial charge in [-0.15, -0.1) is 11.3 Å². The summed E-state index contributed by atoms with van der Waals surface area (Å²) in [5, 5.41) is 10.5. The fraction of sp³-hybridized carbons (Fsp3) is 0.263. The first kappa shape index (κ1) is 18.8. The number of nitrogens with one attached hydrogen (secondary N) is 2. The lowest BCUT2D eigenvalue weighted by molar-refractivity contribution is -0.115. The van der Waals surface area contributed by atoms with Crippen molar-refractivity contribution in [1.29, 1.82) is 0 Å². The molecule has 0 unspecified atom stereocenters. The highest BCUT2D eigenvalue weighted by atomic mass is 32.1. The molecule has 2 N–H and O–H groups in total. The molecule has 1 aromatic carbocycles. The molecule has 0 fully saturated rings. The number of benzene rings is 1. The molecule has 27 heavy (non-hydrogen) atoms. The molecule has 3 rings (SSSR count). The molecule has 0 aliphatic carbocycles. The second-order valence-electron chi connectivity index (χ2n) is 6.18. The Bertz CT molecular complexity index is 991. The molecule has 0 aliphatic rings. The highest BCUT2D eigenvalue weighted by Gasteiger charge is 2.19. The molecule has 2 aromatic heterocycles. The van der Waals surface area contributed by atoms with Crippen molar-refractivity contribution < 1.29 is 9.59 Å². The van der Waals surface area contributed by atoms with Gasteiger partial charge in [-0.2, -0.15) is 5.10 Å². The van der Waals surface area contributed by atoms with Gasteiger partial charge in [0.2, 0.25) is 5.91 Å². The van der Waals surface area contributed by atoms with Gasteiger partial charge < -0.3 is 10.6 Å². The average Bonchev–Trinajstić information content (AvgIpc) is 3.15. The van der Waals surface area contributed by atoms with Crippen LogP contribution in [0.3, 0.4) is 0 Å². The Hall–Kier alpha value is -3.00. The monoisotopic (exact) mass is 383 g/mol. The van der Waals surface area contributed by atoms with E-state index in [2.05, 4.69) is 20.7 Å². The summed E-state index contributed by atoms with van der Waals surface area (Å²) in [6.45, 7) is 5.43. The summed E-state index contributed by atoms with van der Waals surface area (Å²) < 4.78 is 1.70. The second kappa shape index (κ2) is 7.71. The van der Waals surface area contributed by atoms with Crippen molar-refractivity contribution in [2.24, 2.45) is 7.05 Å². The van der Waals surface area contributed by atoms with E-state index in [4.69, 9.17) is 0 Å². The molecule has 2 amide bonds. The van der Waals surface area contributed by atoms with Crippen molar-refractivity contribution in [3.05, 3.63) is 51.6 Å². The van der Waals surface area contributed by atoms with Gasteiger partial charge in [0, 0.05) is 12.6 Å². The minimum absolute atomic E-state index is 0.127. The van der Waals surface area contributed by atoms with Gasteiger partial charge in [-0.1, -0.05) is 30.3 Å². The molecule has 3 aromatic rings. The number of thiazole rings is 1. The Labute approximate surface area is 161 Å². The number of aryl methyl sites for hydroxylation is 3. The van der Waals surface area contributed by atoms with E-state index in [1.54, 1.807) is 4.68 Å². The summed E-state index contributed by atoms with van der Waals surface area (Å²) in [4.78, 5) is 29.8. The lowest BCUT2D eigenvalue weighted by Crippen LogP contribution is -2.32. The number of aromatic nitrogens is 3. The normalized spacial score (nSPS) is 10.7. The van der Waals surface area contributed by atoms with Crippen molar-refractivity contribution in [3.63, 3.8) is 0 Å². The van der Waals surface area contributed by atoms with Crippen LogP contribution in [0.4, 0.5) is 5.69 Å². The highest BCUT2D eigenvalue weighted by molar-refractivity contribution is 7.14. The average molecular weight is 383 g/mol. The van der Waals surface area contributed by atoms with Crippen LogP contribution in [0.15, 0.2) is 30.3 Å². The molecule has 0 spiro atoms. The highest BCUT2D eigenvalue weighted by Crippen LogP contribution is 2.27. The van der Waals surface area contributed by atoms with Crippen molar-refractivity contribution >= 4 is 28.8 Å². The van der Waals surface area contributed by atoms with Crippen LogP contribution < -0.4 is 10.6 Å². The maximum Gasteiger partial charge on any atom is 0.264 e. The van der Waals surface area contributed by atoms with Gasteiger partial charge >= 0.3 is 0 Å². The largest absolute Gasteiger partial charge is 0.342 e. The summed E-state index contributed by atoms with van der Waals surface area (Å²) in [6.07, 6.45) is 0. The van der Waals surface area contributed by atoms with Gasteiger partial charge in [0.05, 0.1) is 34.3 Å². The molecule has 2 heterocycles. The Balaban J connectivity index is 1.69. The van der Waals surface area contributed by atoms with E-state index < -0.39 is 0 Å². The molecular formula is C19H21N5O2S. The number of carbonyl (C=O) groups excluding carboxylic acids is 2. The van der Waals surface area contributed by atoms with Gasteiger partial charge in [-0.25, -0.2) is 4.98 Å². The molecule has 140 valence electrons. The van der Waals surface area contributed by atoms with E-state index in [-0.39, 0.29) is 18.4 Å². The van der Waals surface area contributed by atoms with Gasteiger partial charge in [0.25, 0.3) is 5.91 Å². The van der Waals surface area contributed by atoms with Crippen molar-refractivity contribution in [3.8, 4) is 11.3 Å². The number of hydrogen-bond donors (Lipinski definition) is 2. The van der Waals surface area contributed by atoms with E-state index in [0.717, 1.165) is 22.0 Å². The second-order valence-corrected chi connectivity index (χ2v) is 7.38. The minimum atomic E-state index is -0.311. The topological polar surface area (TPSA) is 88.9 Å². The Kier molecular flexibility index (Phi) is 5.36. The molecule has 0 aliphatic heterocycles. The zero-order valence-electron chi connectivity index (χ0n) is 15.7. The third-order valence-corrected chi connectivity index (χ3v) is 5.14. The van der Waals surface area contributed by atoms with Crippen LogP contribution in [-0.2, 0) is 11.8 Å². The number of amides is 2. The third kappa shape index (κ3) is 4.06. The van der Waals surface area contributed by atoms with E-state index >= 15 is 0 Å². The maximum absolute atomic E-state index is 12.6. The zero-order valence-corrected chi connectivity index (χ0v) is 16.5. The van der Waals surface area contributed by atoms with Gasteiger partial charge in [0.15, 0.2) is 0 Å². The quantitative estimate of drug-likeness (QED) is 0.709.